The third-order valence-electron chi connectivity index (χ3n) is 4.77. The molecule has 0 aliphatic carbocycles. The summed E-state index contributed by atoms with van der Waals surface area (Å²) in [6.07, 6.45) is 1.82. The van der Waals surface area contributed by atoms with E-state index in [1.165, 1.54) is 0 Å². The lowest BCUT2D eigenvalue weighted by atomic mass is 10.2. The topological polar surface area (TPSA) is 125 Å². The zero-order chi connectivity index (χ0) is 21.4. The molecule has 2 rings (SSSR count). The number of rotatable bonds is 10. The minimum absolute atomic E-state index is 0.0205. The van der Waals surface area contributed by atoms with Gasteiger partial charge in [-0.3, -0.25) is 24.1 Å². The molecule has 10 heteroatoms. The van der Waals surface area contributed by atoms with Crippen molar-refractivity contribution < 1.29 is 28.8 Å². The first-order valence-corrected chi connectivity index (χ1v) is 10.1. The van der Waals surface area contributed by atoms with Crippen LogP contribution in [-0.4, -0.2) is 71.8 Å². The summed E-state index contributed by atoms with van der Waals surface area (Å²) < 4.78 is 0. The van der Waals surface area contributed by atoms with E-state index in [0.717, 1.165) is 25.9 Å². The Morgan fingerprint density at radius 3 is 2.38 bits per heavy atom. The van der Waals surface area contributed by atoms with Gasteiger partial charge in [-0.1, -0.05) is 13.8 Å². The zero-order valence-electron chi connectivity index (χ0n) is 17.1. The van der Waals surface area contributed by atoms with Gasteiger partial charge in [0, 0.05) is 38.9 Å². The van der Waals surface area contributed by atoms with Crippen LogP contribution in [0.15, 0.2) is 0 Å². The second-order valence-corrected chi connectivity index (χ2v) is 7.73. The first-order chi connectivity index (χ1) is 13.8. The highest BCUT2D eigenvalue weighted by Crippen LogP contribution is 2.18. The van der Waals surface area contributed by atoms with Crippen molar-refractivity contribution in [1.29, 1.82) is 0 Å². The first-order valence-electron chi connectivity index (χ1n) is 10.1. The number of nitrogens with one attached hydrogen (secondary N) is 2. The summed E-state index contributed by atoms with van der Waals surface area (Å²) in [5, 5.41) is 5.83. The van der Waals surface area contributed by atoms with Crippen molar-refractivity contribution in [3.05, 3.63) is 0 Å². The normalized spacial score (nSPS) is 19.7. The van der Waals surface area contributed by atoms with Crippen LogP contribution in [0.3, 0.4) is 0 Å². The van der Waals surface area contributed by atoms with E-state index in [9.17, 15) is 24.0 Å². The summed E-state index contributed by atoms with van der Waals surface area (Å²) in [7, 11) is 0. The highest BCUT2D eigenvalue weighted by atomic mass is 16.8. The van der Waals surface area contributed by atoms with Crippen LogP contribution in [-0.2, 0) is 28.8 Å². The van der Waals surface area contributed by atoms with Crippen molar-refractivity contribution in [2.45, 2.75) is 58.4 Å². The van der Waals surface area contributed by atoms with E-state index in [4.69, 9.17) is 4.84 Å². The Bertz CT molecular complexity index is 635. The van der Waals surface area contributed by atoms with E-state index in [1.54, 1.807) is 0 Å². The van der Waals surface area contributed by atoms with Crippen LogP contribution in [0.4, 0.5) is 0 Å². The summed E-state index contributed by atoms with van der Waals surface area (Å²) >= 11 is 0. The molecule has 29 heavy (non-hydrogen) atoms. The van der Waals surface area contributed by atoms with E-state index >= 15 is 0 Å². The van der Waals surface area contributed by atoms with E-state index in [-0.39, 0.29) is 56.6 Å². The highest BCUT2D eigenvalue weighted by Gasteiger charge is 2.33. The molecular formula is C19H30N4O6. The Labute approximate surface area is 170 Å². The zero-order valence-corrected chi connectivity index (χ0v) is 17.1. The van der Waals surface area contributed by atoms with Gasteiger partial charge in [-0.25, -0.2) is 4.79 Å². The lowest BCUT2D eigenvalue weighted by Crippen LogP contribution is -2.45. The third kappa shape index (κ3) is 7.12. The Balaban J connectivity index is 1.58. The number of hydrogen-bond donors (Lipinski definition) is 2. The van der Waals surface area contributed by atoms with Crippen molar-refractivity contribution in [2.75, 3.05) is 26.2 Å². The Kier molecular flexibility index (Phi) is 8.56. The first kappa shape index (κ1) is 22.8. The van der Waals surface area contributed by atoms with Crippen LogP contribution >= 0.6 is 0 Å². The number of carbonyl (C=O) groups excluding carboxylic acids is 5. The van der Waals surface area contributed by atoms with Gasteiger partial charge >= 0.3 is 5.97 Å². The molecule has 2 saturated heterocycles. The predicted octanol–water partition coefficient (Wildman–Crippen LogP) is -0.273. The molecule has 0 saturated carbocycles. The van der Waals surface area contributed by atoms with Crippen molar-refractivity contribution in [3.8, 4) is 0 Å². The number of hydrogen-bond acceptors (Lipinski definition) is 7. The molecule has 2 aliphatic rings. The summed E-state index contributed by atoms with van der Waals surface area (Å²) in [6, 6.07) is -0.133. The number of amides is 4. The molecule has 0 aromatic heterocycles. The summed E-state index contributed by atoms with van der Waals surface area (Å²) in [5.74, 6) is -1.73. The lowest BCUT2D eigenvalue weighted by molar-refractivity contribution is -0.197. The Hall–Kier alpha value is -2.49. The molecule has 2 aliphatic heterocycles. The fraction of sp³-hybridized carbons (Fsp3) is 0.737. The standard InChI is InChI=1S/C19H30N4O6/c1-13(2)12-22-11-3-4-14(22)19(28)21-9-7-15(24)20-10-8-18(27)29-23-16(25)5-6-17(23)26/h13-14H,3-12H2,1-2H3,(H,20,24)(H,21,28)/i1+1,2+1,7+1,12+1,13+1,15+1,18+1,20+1,22+1. The molecule has 4 amide bonds. The van der Waals surface area contributed by atoms with E-state index in [1.807, 2.05) is 0 Å². The van der Waals surface area contributed by atoms with Crippen LogP contribution in [0.1, 0.15) is 52.4 Å². The van der Waals surface area contributed by atoms with Crippen molar-refractivity contribution in [3.63, 3.8) is 0 Å². The smallest absolute Gasteiger partial charge is 0.334 e. The Morgan fingerprint density at radius 1 is 1.07 bits per heavy atom. The molecule has 0 aromatic rings. The van der Waals surface area contributed by atoms with Crippen LogP contribution in [0, 0.1) is 5.92 Å². The molecule has 2 N–H and O–H groups in total. The number of imide groups is 1. The average Bonchev–Trinajstić information content (AvgIpc) is 3.22. The van der Waals surface area contributed by atoms with Crippen LogP contribution < -0.4 is 10.6 Å². The number of likely N-dealkylation sites (tertiary alicyclic amines) is 1. The van der Waals surface area contributed by atoms with E-state index in [2.05, 4.69) is 29.4 Å². The fourth-order valence-electron chi connectivity index (χ4n) is 3.43. The number of nitrogens with zero attached hydrogens (tertiary/aromatic N) is 2. The maximum Gasteiger partial charge on any atom is 0.334 e. The summed E-state index contributed by atoms with van der Waals surface area (Å²) in [4.78, 5) is 65.4. The van der Waals surface area contributed by atoms with Crippen LogP contribution in [0.25, 0.3) is 0 Å². The predicted molar refractivity (Wildman–Crippen MR) is 102 cm³/mol. The molecule has 0 spiro atoms. The van der Waals surface area contributed by atoms with Gasteiger partial charge in [-0.15, -0.1) is 5.06 Å². The number of hydroxylamine groups is 2. The van der Waals surface area contributed by atoms with E-state index in [0.29, 0.717) is 11.0 Å². The quantitative estimate of drug-likeness (QED) is 0.284. The van der Waals surface area contributed by atoms with Gasteiger partial charge in [0.05, 0.1) is 12.5 Å². The second kappa shape index (κ2) is 10.9. The molecule has 1 unspecified atom stereocenters. The van der Waals surface area contributed by atoms with Gasteiger partial charge < -0.3 is 15.5 Å². The monoisotopic (exact) mass is 419 g/mol. The SMILES string of the molecule is [13CH3][13CH]([13CH3])[13CH2][15N]1CCCC1C(=O)NC[13CH2][13C](=O)[15NH]CC[13C](=O)ON1C(=O)CCC1=O. The molecule has 2 heterocycles. The molecule has 162 valence electrons. The molecule has 0 radical (unpaired) electrons. The van der Waals surface area contributed by atoms with Gasteiger partial charge in [0.25, 0.3) is 11.8 Å². The summed E-state index contributed by atoms with van der Waals surface area (Å²) in [6.45, 7) is 6.28. The van der Waals surface area contributed by atoms with Crippen molar-refractivity contribution >= 4 is 29.6 Å². The molecule has 2 fully saturated rings. The molecular weight excluding hydrogens is 389 g/mol. The fourth-order valence-corrected chi connectivity index (χ4v) is 3.43. The van der Waals surface area contributed by atoms with Crippen molar-refractivity contribution in [1.82, 2.24) is 20.6 Å². The van der Waals surface area contributed by atoms with Gasteiger partial charge in [-0.2, -0.15) is 0 Å². The largest absolute Gasteiger partial charge is 0.355 e. The Morgan fingerprint density at radius 2 is 1.72 bits per heavy atom. The van der Waals surface area contributed by atoms with Crippen molar-refractivity contribution in [2.24, 2.45) is 5.92 Å². The van der Waals surface area contributed by atoms with E-state index < -0.39 is 17.8 Å². The molecule has 1 atom stereocenters. The maximum absolute atomic E-state index is 12.3. The molecule has 10 nitrogen and oxygen atoms in total. The van der Waals surface area contributed by atoms with Gasteiger partial charge in [0.15, 0.2) is 0 Å². The average molecular weight is 419 g/mol. The molecule has 0 bridgehead atoms. The highest BCUT2D eigenvalue weighted by molar-refractivity contribution is 6.01. The minimum atomic E-state index is -0.770. The van der Waals surface area contributed by atoms with Gasteiger partial charge in [0.1, 0.15) is 0 Å². The third-order valence-corrected chi connectivity index (χ3v) is 4.77. The van der Waals surface area contributed by atoms with Gasteiger partial charge in [0.2, 0.25) is 11.8 Å². The number of carbonyl (C=O) groups is 5. The van der Waals surface area contributed by atoms with Crippen LogP contribution in [0.2, 0.25) is 0 Å². The van der Waals surface area contributed by atoms with Gasteiger partial charge in [-0.05, 0) is 25.3 Å². The lowest BCUT2D eigenvalue weighted by Gasteiger charge is -2.25. The molecule has 0 aromatic carbocycles. The second-order valence-electron chi connectivity index (χ2n) is 7.73. The summed E-state index contributed by atoms with van der Waals surface area (Å²) in [5.41, 5.74) is 0. The minimum Gasteiger partial charge on any atom is -0.355 e. The maximum atomic E-state index is 12.3. The van der Waals surface area contributed by atoms with Crippen LogP contribution in [0.5, 0.6) is 0 Å².